The van der Waals surface area contributed by atoms with Gasteiger partial charge in [0, 0.05) is 5.69 Å². The van der Waals surface area contributed by atoms with Gasteiger partial charge in [-0.05, 0) is 64.0 Å². The third-order valence-corrected chi connectivity index (χ3v) is 4.07. The molecule has 0 aliphatic heterocycles. The van der Waals surface area contributed by atoms with Crippen LogP contribution in [0.25, 0.3) is 0 Å². The van der Waals surface area contributed by atoms with Gasteiger partial charge in [-0.1, -0.05) is 6.07 Å². The highest BCUT2D eigenvalue weighted by molar-refractivity contribution is 9.10. The molecule has 0 fully saturated rings. The molecule has 0 radical (unpaired) electrons. The molecule has 0 amide bonds. The summed E-state index contributed by atoms with van der Waals surface area (Å²) in [5.74, 6) is 1.06. The quantitative estimate of drug-likeness (QED) is 0.380. The first-order valence-electron chi connectivity index (χ1n) is 7.43. The van der Waals surface area contributed by atoms with Gasteiger partial charge >= 0.3 is 6.18 Å². The molecule has 2 aromatic carbocycles. The number of rotatable bonds is 5. The van der Waals surface area contributed by atoms with E-state index in [9.17, 15) is 13.2 Å². The predicted molar refractivity (Wildman–Crippen MR) is 106 cm³/mol. The van der Waals surface area contributed by atoms with Gasteiger partial charge < -0.3 is 14.8 Å². The van der Waals surface area contributed by atoms with E-state index in [2.05, 4.69) is 31.8 Å². The van der Waals surface area contributed by atoms with E-state index in [1.807, 2.05) is 0 Å². The minimum Gasteiger partial charge on any atom is -0.493 e. The number of anilines is 1. The lowest BCUT2D eigenvalue weighted by Gasteiger charge is -2.11. The maximum Gasteiger partial charge on any atom is 0.416 e. The normalized spacial score (nSPS) is 11.3. The van der Waals surface area contributed by atoms with Crippen molar-refractivity contribution in [3.05, 3.63) is 52.0 Å². The molecule has 0 atom stereocenters. The average Bonchev–Trinajstić information content (AvgIpc) is 2.60. The Bertz CT molecular complexity index is 860. The molecular weight excluding hydrogens is 447 g/mol. The minimum absolute atomic E-state index is 0.0464. The van der Waals surface area contributed by atoms with Crippen LogP contribution in [-0.4, -0.2) is 25.5 Å². The summed E-state index contributed by atoms with van der Waals surface area (Å²) in [5.41, 5.74) is 2.66. The first-order chi connectivity index (χ1) is 12.7. The third-order valence-electron chi connectivity index (χ3n) is 3.28. The summed E-state index contributed by atoms with van der Waals surface area (Å²) in [6.45, 7) is 0. The molecule has 0 aliphatic carbocycles. The Kier molecular flexibility index (Phi) is 7.03. The number of benzene rings is 2. The van der Waals surface area contributed by atoms with Crippen LogP contribution in [0.3, 0.4) is 0 Å². The average molecular weight is 462 g/mol. The first kappa shape index (κ1) is 21.0. The van der Waals surface area contributed by atoms with Crippen molar-refractivity contribution in [2.75, 3.05) is 19.5 Å². The molecule has 0 saturated heterocycles. The van der Waals surface area contributed by atoms with Crippen LogP contribution in [0.15, 0.2) is 46.0 Å². The van der Waals surface area contributed by atoms with Crippen LogP contribution in [0, 0.1) is 0 Å². The smallest absolute Gasteiger partial charge is 0.416 e. The highest BCUT2D eigenvalue weighted by Crippen LogP contribution is 2.35. The molecule has 0 unspecified atom stereocenters. The lowest BCUT2D eigenvalue weighted by Crippen LogP contribution is -2.24. The van der Waals surface area contributed by atoms with E-state index < -0.39 is 11.7 Å². The Balaban J connectivity index is 2.03. The Labute approximate surface area is 167 Å². The SMILES string of the molecule is COc1cc(/C=N/NC(=S)Nc2cccc(C(F)(F)F)c2)cc(Br)c1OC. The van der Waals surface area contributed by atoms with Crippen LogP contribution in [0.1, 0.15) is 11.1 Å². The summed E-state index contributed by atoms with van der Waals surface area (Å²) in [7, 11) is 3.04. The van der Waals surface area contributed by atoms with Gasteiger partial charge in [0.1, 0.15) is 0 Å². The van der Waals surface area contributed by atoms with Crippen molar-refractivity contribution < 1.29 is 22.6 Å². The fraction of sp³-hybridized carbons (Fsp3) is 0.176. The highest BCUT2D eigenvalue weighted by Gasteiger charge is 2.30. The predicted octanol–water partition coefficient (Wildman–Crippen LogP) is 4.81. The van der Waals surface area contributed by atoms with E-state index >= 15 is 0 Å². The molecule has 2 rings (SSSR count). The van der Waals surface area contributed by atoms with E-state index in [0.717, 1.165) is 12.1 Å². The van der Waals surface area contributed by atoms with Crippen LogP contribution >= 0.6 is 28.1 Å². The van der Waals surface area contributed by atoms with E-state index in [0.29, 0.717) is 21.5 Å². The Hall–Kier alpha value is -2.33. The second-order valence-corrected chi connectivity index (χ2v) is 6.40. The summed E-state index contributed by atoms with van der Waals surface area (Å²) < 4.78 is 49.3. The van der Waals surface area contributed by atoms with Crippen molar-refractivity contribution in [3.8, 4) is 11.5 Å². The van der Waals surface area contributed by atoms with Crippen LogP contribution in [-0.2, 0) is 6.18 Å². The van der Waals surface area contributed by atoms with E-state index in [4.69, 9.17) is 21.7 Å². The van der Waals surface area contributed by atoms with Crippen LogP contribution in [0.4, 0.5) is 18.9 Å². The van der Waals surface area contributed by atoms with Gasteiger partial charge in [-0.15, -0.1) is 0 Å². The van der Waals surface area contributed by atoms with Gasteiger partial charge in [0.15, 0.2) is 16.6 Å². The summed E-state index contributed by atoms with van der Waals surface area (Å²) in [6.07, 6.45) is -2.95. The summed E-state index contributed by atoms with van der Waals surface area (Å²) >= 11 is 8.40. The number of thiocarbonyl (C=S) groups is 1. The van der Waals surface area contributed by atoms with Crippen LogP contribution < -0.4 is 20.2 Å². The zero-order valence-electron chi connectivity index (χ0n) is 14.2. The van der Waals surface area contributed by atoms with E-state index in [1.165, 1.54) is 32.6 Å². The number of hydrazone groups is 1. The lowest BCUT2D eigenvalue weighted by molar-refractivity contribution is -0.137. The molecule has 0 heterocycles. The molecule has 5 nitrogen and oxygen atoms in total. The van der Waals surface area contributed by atoms with Gasteiger partial charge in [0.25, 0.3) is 0 Å². The third kappa shape index (κ3) is 5.83. The second kappa shape index (κ2) is 9.05. The van der Waals surface area contributed by atoms with Crippen molar-refractivity contribution >= 4 is 45.2 Å². The van der Waals surface area contributed by atoms with Crippen molar-refractivity contribution in [2.45, 2.75) is 6.18 Å². The number of alkyl halides is 3. The van der Waals surface area contributed by atoms with Gasteiger partial charge in [-0.3, -0.25) is 5.43 Å². The summed E-state index contributed by atoms with van der Waals surface area (Å²) in [5, 5.41) is 6.65. The Morgan fingerprint density at radius 1 is 1.19 bits per heavy atom. The molecule has 0 bridgehead atoms. The number of hydrogen-bond donors (Lipinski definition) is 2. The first-order valence-corrected chi connectivity index (χ1v) is 8.63. The van der Waals surface area contributed by atoms with E-state index in [-0.39, 0.29) is 10.8 Å². The largest absolute Gasteiger partial charge is 0.493 e. The molecule has 2 aromatic rings. The van der Waals surface area contributed by atoms with Gasteiger partial charge in [0.2, 0.25) is 0 Å². The zero-order valence-corrected chi connectivity index (χ0v) is 16.6. The molecule has 10 heteroatoms. The van der Waals surface area contributed by atoms with Crippen molar-refractivity contribution in [2.24, 2.45) is 5.10 Å². The van der Waals surface area contributed by atoms with Crippen LogP contribution in [0.2, 0.25) is 0 Å². The molecule has 0 aliphatic rings. The summed E-state index contributed by atoms with van der Waals surface area (Å²) in [4.78, 5) is 0. The fourth-order valence-corrected chi connectivity index (χ4v) is 2.90. The molecule has 27 heavy (non-hydrogen) atoms. The van der Waals surface area contributed by atoms with Crippen molar-refractivity contribution in [1.82, 2.24) is 5.43 Å². The number of halogens is 4. The molecule has 0 saturated carbocycles. The van der Waals surface area contributed by atoms with Gasteiger partial charge in [-0.25, -0.2) is 0 Å². The van der Waals surface area contributed by atoms with Crippen molar-refractivity contribution in [3.63, 3.8) is 0 Å². The lowest BCUT2D eigenvalue weighted by atomic mass is 10.2. The molecule has 144 valence electrons. The Morgan fingerprint density at radius 3 is 2.56 bits per heavy atom. The second-order valence-electron chi connectivity index (χ2n) is 5.14. The summed E-state index contributed by atoms with van der Waals surface area (Å²) in [6, 6.07) is 8.17. The number of nitrogens with zero attached hydrogens (tertiary/aromatic N) is 1. The maximum atomic E-state index is 12.7. The standard InChI is InChI=1S/C17H15BrF3N3O2S/c1-25-14-7-10(6-13(18)15(14)26-2)9-22-24-16(27)23-12-5-3-4-11(8-12)17(19,20)21/h3-9H,1-2H3,(H2,23,24,27)/b22-9+. The molecule has 2 N–H and O–H groups in total. The molecule has 0 spiro atoms. The van der Waals surface area contributed by atoms with Gasteiger partial charge in [0.05, 0.1) is 30.5 Å². The minimum atomic E-state index is -4.42. The zero-order chi connectivity index (χ0) is 20.0. The topological polar surface area (TPSA) is 54.9 Å². The Morgan fingerprint density at radius 2 is 1.93 bits per heavy atom. The number of methoxy groups -OCH3 is 2. The van der Waals surface area contributed by atoms with Crippen molar-refractivity contribution in [1.29, 1.82) is 0 Å². The maximum absolute atomic E-state index is 12.7. The van der Waals surface area contributed by atoms with E-state index in [1.54, 1.807) is 12.1 Å². The highest BCUT2D eigenvalue weighted by atomic mass is 79.9. The fourth-order valence-electron chi connectivity index (χ4n) is 2.11. The number of nitrogens with one attached hydrogen (secondary N) is 2. The monoisotopic (exact) mass is 461 g/mol. The number of hydrogen-bond acceptors (Lipinski definition) is 4. The molecular formula is C17H15BrF3N3O2S. The van der Waals surface area contributed by atoms with Crippen LogP contribution in [0.5, 0.6) is 11.5 Å². The van der Waals surface area contributed by atoms with Gasteiger partial charge in [-0.2, -0.15) is 18.3 Å². The number of ether oxygens (including phenoxy) is 2. The molecule has 0 aromatic heterocycles.